The van der Waals surface area contributed by atoms with Crippen molar-refractivity contribution < 1.29 is 9.90 Å². The fourth-order valence-corrected chi connectivity index (χ4v) is 12.3. The molecular formula is C37H78NO2P. The Bertz CT molecular complexity index is 504. The fourth-order valence-electron chi connectivity index (χ4n) is 6.77. The third-order valence-electron chi connectivity index (χ3n) is 9.60. The van der Waals surface area contributed by atoms with E-state index in [0.717, 1.165) is 19.4 Å². The predicted octanol–water partition coefficient (Wildman–Crippen LogP) is 12.0. The Morgan fingerprint density at radius 3 is 1.07 bits per heavy atom. The summed E-state index contributed by atoms with van der Waals surface area (Å²) >= 11 is 0. The van der Waals surface area contributed by atoms with Gasteiger partial charge in [0.15, 0.2) is 0 Å². The molecule has 0 radical (unpaired) electrons. The van der Waals surface area contributed by atoms with E-state index in [0.29, 0.717) is 0 Å². The smallest absolute Gasteiger partial charge is 0.320 e. The molecule has 4 heteroatoms. The van der Waals surface area contributed by atoms with Gasteiger partial charge in [0.05, 0.1) is 0 Å². The van der Waals surface area contributed by atoms with Gasteiger partial charge in [-0.15, -0.1) is 0 Å². The van der Waals surface area contributed by atoms with Crippen LogP contribution >= 0.6 is 7.26 Å². The molecule has 0 aromatic carbocycles. The average Bonchev–Trinajstić information content (AvgIpc) is 3.53. The largest absolute Gasteiger partial charge is 0.480 e. The minimum atomic E-state index is -1.04. The molecule has 1 atom stereocenters. The first-order valence-electron chi connectivity index (χ1n) is 19.0. The van der Waals surface area contributed by atoms with Crippen LogP contribution in [0.25, 0.3) is 0 Å². The van der Waals surface area contributed by atoms with Crippen LogP contribution in [0, 0.1) is 0 Å². The van der Waals surface area contributed by atoms with Gasteiger partial charge in [0.25, 0.3) is 0 Å². The maximum absolute atomic E-state index is 10.1. The van der Waals surface area contributed by atoms with Gasteiger partial charge in [0.1, 0.15) is 6.04 Å². The summed E-state index contributed by atoms with van der Waals surface area (Å²) in [4.78, 5) is 10.1. The zero-order chi connectivity index (χ0) is 30.3. The minimum absolute atomic E-state index is 0.269. The first kappa shape index (κ1) is 40.9. The quantitative estimate of drug-likeness (QED) is 0.0664. The summed E-state index contributed by atoms with van der Waals surface area (Å²) < 4.78 is 0. The Morgan fingerprint density at radius 2 is 0.829 bits per heavy atom. The summed E-state index contributed by atoms with van der Waals surface area (Å²) in [6.45, 7) is 10.3. The van der Waals surface area contributed by atoms with E-state index >= 15 is 0 Å². The maximum Gasteiger partial charge on any atom is 0.320 e. The van der Waals surface area contributed by atoms with Crippen LogP contribution in [0.3, 0.4) is 0 Å². The van der Waals surface area contributed by atoms with Crippen LogP contribution in [0.1, 0.15) is 195 Å². The van der Waals surface area contributed by atoms with Crippen molar-refractivity contribution in [1.82, 2.24) is 5.32 Å². The van der Waals surface area contributed by atoms with Crippen LogP contribution in [0.15, 0.2) is 0 Å². The molecule has 0 aromatic rings. The molecule has 0 saturated carbocycles. The van der Waals surface area contributed by atoms with Gasteiger partial charge in [-0.05, 0) is 19.4 Å². The molecule has 0 amide bonds. The number of rotatable bonds is 29. The van der Waals surface area contributed by atoms with E-state index in [4.69, 9.17) is 5.11 Å². The average molecular weight is 600 g/mol. The van der Waals surface area contributed by atoms with Crippen molar-refractivity contribution in [3.05, 3.63) is 0 Å². The Morgan fingerprint density at radius 1 is 0.537 bits per heavy atom. The first-order chi connectivity index (χ1) is 20.0. The molecule has 0 unspecified atom stereocenters. The van der Waals surface area contributed by atoms with Gasteiger partial charge in [-0.3, -0.25) is 4.79 Å². The molecular weight excluding hydrogens is 521 g/mol. The van der Waals surface area contributed by atoms with Crippen molar-refractivity contribution >= 4 is 13.2 Å². The van der Waals surface area contributed by atoms with E-state index in [1.165, 1.54) is 128 Å². The molecule has 1 saturated heterocycles. The van der Waals surface area contributed by atoms with Crippen molar-refractivity contribution in [2.45, 2.75) is 201 Å². The second-order valence-corrected chi connectivity index (χ2v) is 18.6. The van der Waals surface area contributed by atoms with Crippen LogP contribution in [0.5, 0.6) is 0 Å². The van der Waals surface area contributed by atoms with Crippen molar-refractivity contribution in [2.75, 3.05) is 31.2 Å². The monoisotopic (exact) mass is 600 g/mol. The molecule has 1 fully saturated rings. The number of hydrogen-bond donors (Lipinski definition) is 2. The van der Waals surface area contributed by atoms with E-state index in [2.05, 4.69) is 33.0 Å². The van der Waals surface area contributed by atoms with Crippen LogP contribution < -0.4 is 5.32 Å². The Hall–Kier alpha value is -0.140. The van der Waals surface area contributed by atoms with Gasteiger partial charge >= 0.3 is 206 Å². The van der Waals surface area contributed by atoms with Crippen LogP contribution in [-0.4, -0.2) is 48.3 Å². The standard InChI is InChI=1S/C32H69P.C5H9NO2/c1-5-9-13-17-18-19-20-21-22-23-24-28-32-33(29-25-14-10-6-2,30-26-15-11-7-3)31-27-16-12-8-4;7-5(8)4-2-1-3-6-4/h33H,5-32H2,1-4H3;4,6H,1-3H2,(H,7,8)/t;4-/m.0/s1. The summed E-state index contributed by atoms with van der Waals surface area (Å²) in [5, 5.41) is 11.2. The number of nitrogens with one attached hydrogen (secondary N) is 1. The molecule has 41 heavy (non-hydrogen) atoms. The fraction of sp³-hybridized carbons (Fsp3) is 0.973. The SMILES string of the molecule is CCCCCCCCCCCCCC[PH](CCCCCC)(CCCCCC)CCCCCC.O=C(O)[C@@H]1CCCN1. The predicted molar refractivity (Wildman–Crippen MR) is 190 cm³/mol. The summed E-state index contributed by atoms with van der Waals surface area (Å²) in [5.41, 5.74) is 0. The van der Waals surface area contributed by atoms with Gasteiger partial charge in [0.2, 0.25) is 0 Å². The van der Waals surface area contributed by atoms with Gasteiger partial charge in [-0.25, -0.2) is 0 Å². The van der Waals surface area contributed by atoms with E-state index in [1.54, 1.807) is 50.3 Å². The van der Waals surface area contributed by atoms with E-state index < -0.39 is 13.2 Å². The first-order valence-corrected chi connectivity index (χ1v) is 21.8. The van der Waals surface area contributed by atoms with Crippen molar-refractivity contribution in [2.24, 2.45) is 0 Å². The van der Waals surface area contributed by atoms with E-state index in [9.17, 15) is 4.79 Å². The third kappa shape index (κ3) is 26.0. The molecule has 1 aliphatic rings. The second kappa shape index (κ2) is 31.3. The molecule has 0 aromatic heterocycles. The van der Waals surface area contributed by atoms with E-state index in [1.807, 2.05) is 0 Å². The number of hydrogen-bond acceptors (Lipinski definition) is 2. The van der Waals surface area contributed by atoms with Gasteiger partial charge < -0.3 is 10.4 Å². The molecule has 248 valence electrons. The number of unbranched alkanes of at least 4 members (excludes halogenated alkanes) is 20. The van der Waals surface area contributed by atoms with Crippen LogP contribution in [0.4, 0.5) is 0 Å². The summed E-state index contributed by atoms with van der Waals surface area (Å²) in [7, 11) is -1.04. The molecule has 1 aliphatic heterocycles. The van der Waals surface area contributed by atoms with E-state index in [-0.39, 0.29) is 6.04 Å². The minimum Gasteiger partial charge on any atom is -0.480 e. The van der Waals surface area contributed by atoms with Gasteiger partial charge in [0, 0.05) is 0 Å². The Labute approximate surface area is 259 Å². The third-order valence-corrected chi connectivity index (χ3v) is 15.3. The molecule has 2 N–H and O–H groups in total. The summed E-state index contributed by atoms with van der Waals surface area (Å²) in [6, 6.07) is -0.269. The van der Waals surface area contributed by atoms with Crippen molar-refractivity contribution in [3.8, 4) is 0 Å². The van der Waals surface area contributed by atoms with Crippen LogP contribution in [-0.2, 0) is 4.79 Å². The van der Waals surface area contributed by atoms with Gasteiger partial charge in [-0.2, -0.15) is 0 Å². The molecule has 3 nitrogen and oxygen atoms in total. The number of carboxylic acid groups (broad SMARTS) is 1. The zero-order valence-corrected chi connectivity index (χ0v) is 29.9. The van der Waals surface area contributed by atoms with Gasteiger partial charge in [-0.1, -0.05) is 13.3 Å². The molecule has 0 aliphatic carbocycles. The maximum atomic E-state index is 10.1. The number of aliphatic carboxylic acids is 1. The number of carboxylic acids is 1. The molecule has 0 spiro atoms. The topological polar surface area (TPSA) is 49.3 Å². The van der Waals surface area contributed by atoms with Crippen molar-refractivity contribution in [1.29, 1.82) is 0 Å². The molecule has 1 rings (SSSR count). The normalized spacial score (nSPS) is 15.6. The Balaban J connectivity index is 0.00000170. The van der Waals surface area contributed by atoms with Crippen LogP contribution in [0.2, 0.25) is 0 Å². The zero-order valence-electron chi connectivity index (χ0n) is 28.9. The second-order valence-electron chi connectivity index (χ2n) is 13.6. The summed E-state index contributed by atoms with van der Waals surface area (Å²) in [6.07, 6.45) is 44.1. The Kier molecular flexibility index (Phi) is 31.2. The summed E-state index contributed by atoms with van der Waals surface area (Å²) in [5.74, 6) is -0.720. The molecule has 0 bridgehead atoms. The van der Waals surface area contributed by atoms with Crippen molar-refractivity contribution in [3.63, 3.8) is 0 Å². The number of carbonyl (C=O) groups is 1. The molecule has 1 heterocycles.